The van der Waals surface area contributed by atoms with Crippen molar-refractivity contribution in [3.63, 3.8) is 0 Å². The van der Waals surface area contributed by atoms with E-state index in [1.54, 1.807) is 17.2 Å². The number of aromatic nitrogens is 1. The molecular weight excluding hydrogens is 501 g/mol. The number of hydrogen-bond donors (Lipinski definition) is 0. The Morgan fingerprint density at radius 1 is 1.14 bits per heavy atom. The summed E-state index contributed by atoms with van der Waals surface area (Å²) >= 11 is 1.46. The quantitative estimate of drug-likeness (QED) is 0.341. The van der Waals surface area contributed by atoms with Crippen LogP contribution in [0.2, 0.25) is 0 Å². The van der Waals surface area contributed by atoms with E-state index in [2.05, 4.69) is 6.07 Å². The number of aryl methyl sites for hydroxylation is 2. The first-order valence-corrected chi connectivity index (χ1v) is 14.0. The molecule has 1 aliphatic rings. The molecule has 0 atom stereocenters. The van der Waals surface area contributed by atoms with Gasteiger partial charge in [-0.15, -0.1) is 0 Å². The lowest BCUT2D eigenvalue weighted by atomic mass is 9.96. The lowest BCUT2D eigenvalue weighted by molar-refractivity contribution is -0.123. The number of piperidine rings is 1. The van der Waals surface area contributed by atoms with Crippen LogP contribution < -0.4 is 4.90 Å². The average molecular weight is 528 g/mol. The Bertz CT molecular complexity index is 1490. The van der Waals surface area contributed by atoms with Gasteiger partial charge in [0.15, 0.2) is 5.13 Å². The molecule has 5 rings (SSSR count). The summed E-state index contributed by atoms with van der Waals surface area (Å²) in [4.78, 5) is 20.3. The molecule has 1 saturated heterocycles. The number of sulfonamides is 1. The normalized spacial score (nSPS) is 15.4. The van der Waals surface area contributed by atoms with Crippen molar-refractivity contribution >= 4 is 42.6 Å². The van der Waals surface area contributed by atoms with Gasteiger partial charge >= 0.3 is 0 Å². The highest BCUT2D eigenvalue weighted by atomic mass is 32.2. The van der Waals surface area contributed by atoms with Crippen LogP contribution in [0.4, 0.5) is 9.52 Å². The van der Waals surface area contributed by atoms with Gasteiger partial charge in [-0.05, 0) is 80.3 Å². The summed E-state index contributed by atoms with van der Waals surface area (Å²) in [5.41, 5.74) is 3.10. The molecule has 2 aromatic carbocycles. The number of carbonyl (C=O) groups excluding carboxylic acids is 1. The zero-order valence-corrected chi connectivity index (χ0v) is 21.6. The van der Waals surface area contributed by atoms with Gasteiger partial charge in [-0.2, -0.15) is 4.31 Å². The minimum atomic E-state index is -3.75. The molecule has 4 aromatic rings. The molecule has 0 spiro atoms. The third-order valence-corrected chi connectivity index (χ3v) is 9.68. The number of fused-ring (bicyclic) bond motifs is 1. The van der Waals surface area contributed by atoms with E-state index in [0.717, 1.165) is 33.5 Å². The fourth-order valence-corrected chi connectivity index (χ4v) is 6.95. The van der Waals surface area contributed by atoms with Crippen molar-refractivity contribution in [1.82, 2.24) is 9.29 Å². The number of nitrogens with zero attached hydrogens (tertiary/aromatic N) is 3. The summed E-state index contributed by atoms with van der Waals surface area (Å²) < 4.78 is 47.1. The largest absolute Gasteiger partial charge is 0.467 e. The molecule has 36 heavy (non-hydrogen) atoms. The summed E-state index contributed by atoms with van der Waals surface area (Å²) in [6, 6.07) is 12.5. The third-order valence-electron chi connectivity index (χ3n) is 6.72. The van der Waals surface area contributed by atoms with Crippen LogP contribution in [0.15, 0.2) is 64.1 Å². The minimum Gasteiger partial charge on any atom is -0.467 e. The van der Waals surface area contributed by atoms with E-state index in [0.29, 0.717) is 23.7 Å². The highest BCUT2D eigenvalue weighted by Crippen LogP contribution is 2.35. The van der Waals surface area contributed by atoms with E-state index < -0.39 is 15.8 Å². The molecule has 0 aliphatic carbocycles. The number of halogens is 1. The Morgan fingerprint density at radius 3 is 2.53 bits per heavy atom. The minimum absolute atomic E-state index is 0.0493. The predicted octanol–water partition coefficient (Wildman–Crippen LogP) is 5.28. The van der Waals surface area contributed by atoms with Gasteiger partial charge in [0.2, 0.25) is 15.9 Å². The number of furan rings is 1. The first kappa shape index (κ1) is 24.6. The first-order chi connectivity index (χ1) is 17.2. The van der Waals surface area contributed by atoms with Crippen molar-refractivity contribution in [3.05, 3.63) is 77.5 Å². The Kier molecular flexibility index (Phi) is 6.67. The SMILES string of the molecule is Cc1ccc2sc(N(Cc3ccco3)C(=O)C3CCN(S(=O)(=O)c4ccc(F)cc4)CC3)nc2c1C. The zero-order chi connectivity index (χ0) is 25.4. The highest BCUT2D eigenvalue weighted by molar-refractivity contribution is 7.89. The second-order valence-electron chi connectivity index (χ2n) is 8.99. The van der Waals surface area contributed by atoms with Gasteiger partial charge in [0.05, 0.1) is 27.9 Å². The number of amides is 1. The second kappa shape index (κ2) is 9.76. The van der Waals surface area contributed by atoms with Crippen LogP contribution in [0.5, 0.6) is 0 Å². The number of hydrogen-bond acceptors (Lipinski definition) is 6. The first-order valence-electron chi connectivity index (χ1n) is 11.7. The molecular formula is C26H26FN3O4S2. The maximum Gasteiger partial charge on any atom is 0.243 e. The Morgan fingerprint density at radius 2 is 1.86 bits per heavy atom. The second-order valence-corrected chi connectivity index (χ2v) is 11.9. The van der Waals surface area contributed by atoms with Crippen molar-refractivity contribution in [3.8, 4) is 0 Å². The van der Waals surface area contributed by atoms with Crippen LogP contribution in [0.25, 0.3) is 10.2 Å². The average Bonchev–Trinajstić information content (AvgIpc) is 3.55. The van der Waals surface area contributed by atoms with Crippen molar-refractivity contribution < 1.29 is 22.0 Å². The van der Waals surface area contributed by atoms with Gasteiger partial charge in [0, 0.05) is 19.0 Å². The van der Waals surface area contributed by atoms with Crippen molar-refractivity contribution in [2.75, 3.05) is 18.0 Å². The fourth-order valence-electron chi connectivity index (χ4n) is 4.45. The molecule has 0 bridgehead atoms. The molecule has 0 unspecified atom stereocenters. The van der Waals surface area contributed by atoms with Crippen molar-refractivity contribution in [1.29, 1.82) is 0 Å². The van der Waals surface area contributed by atoms with Crippen LogP contribution in [-0.4, -0.2) is 36.7 Å². The maximum absolute atomic E-state index is 13.8. The van der Waals surface area contributed by atoms with Gasteiger partial charge < -0.3 is 4.42 Å². The Hall–Kier alpha value is -3.08. The van der Waals surface area contributed by atoms with Crippen LogP contribution in [-0.2, 0) is 21.4 Å². The van der Waals surface area contributed by atoms with Crippen molar-refractivity contribution in [2.24, 2.45) is 5.92 Å². The van der Waals surface area contributed by atoms with Gasteiger partial charge in [-0.1, -0.05) is 17.4 Å². The van der Waals surface area contributed by atoms with E-state index in [1.807, 2.05) is 26.0 Å². The van der Waals surface area contributed by atoms with E-state index in [9.17, 15) is 17.6 Å². The van der Waals surface area contributed by atoms with E-state index in [1.165, 1.54) is 27.8 Å². The predicted molar refractivity (Wildman–Crippen MR) is 137 cm³/mol. The molecule has 1 amide bonds. The zero-order valence-electron chi connectivity index (χ0n) is 20.0. The molecule has 3 heterocycles. The van der Waals surface area contributed by atoms with E-state index >= 15 is 0 Å². The maximum atomic E-state index is 13.8. The number of benzene rings is 2. The van der Waals surface area contributed by atoms with E-state index in [-0.39, 0.29) is 36.4 Å². The van der Waals surface area contributed by atoms with Gasteiger partial charge in [0.1, 0.15) is 11.6 Å². The number of rotatable bonds is 6. The van der Waals surface area contributed by atoms with Gasteiger partial charge in [-0.25, -0.2) is 17.8 Å². The highest BCUT2D eigenvalue weighted by Gasteiger charge is 2.35. The molecule has 0 N–H and O–H groups in total. The summed E-state index contributed by atoms with van der Waals surface area (Å²) in [6.07, 6.45) is 2.34. The topological polar surface area (TPSA) is 83.7 Å². The van der Waals surface area contributed by atoms with Crippen LogP contribution in [0.3, 0.4) is 0 Å². The number of anilines is 1. The fraction of sp³-hybridized carbons (Fsp3) is 0.308. The van der Waals surface area contributed by atoms with Gasteiger partial charge in [-0.3, -0.25) is 9.69 Å². The molecule has 188 valence electrons. The Balaban J connectivity index is 1.37. The number of thiazole rings is 1. The molecule has 1 fully saturated rings. The van der Waals surface area contributed by atoms with Crippen LogP contribution in [0.1, 0.15) is 29.7 Å². The lowest BCUT2D eigenvalue weighted by Crippen LogP contribution is -2.44. The third kappa shape index (κ3) is 4.68. The Labute approximate surface area is 213 Å². The summed E-state index contributed by atoms with van der Waals surface area (Å²) in [5, 5.41) is 0.599. The molecule has 1 aliphatic heterocycles. The van der Waals surface area contributed by atoms with Gasteiger partial charge in [0.25, 0.3) is 0 Å². The summed E-state index contributed by atoms with van der Waals surface area (Å²) in [5.74, 6) is -0.296. The molecule has 0 radical (unpaired) electrons. The summed E-state index contributed by atoms with van der Waals surface area (Å²) in [6.45, 7) is 4.73. The molecule has 2 aromatic heterocycles. The molecule has 10 heteroatoms. The van der Waals surface area contributed by atoms with Crippen LogP contribution >= 0.6 is 11.3 Å². The summed E-state index contributed by atoms with van der Waals surface area (Å²) in [7, 11) is -3.75. The molecule has 0 saturated carbocycles. The van der Waals surface area contributed by atoms with E-state index in [4.69, 9.17) is 9.40 Å². The van der Waals surface area contributed by atoms with Crippen molar-refractivity contribution in [2.45, 2.75) is 38.1 Å². The molecule has 7 nitrogen and oxygen atoms in total. The monoisotopic (exact) mass is 527 g/mol. The smallest absolute Gasteiger partial charge is 0.243 e. The van der Waals surface area contributed by atoms with Crippen LogP contribution in [0, 0.1) is 25.6 Å². The number of carbonyl (C=O) groups is 1. The lowest BCUT2D eigenvalue weighted by Gasteiger charge is -2.32. The standard InChI is InChI=1S/C26H26FN3O4S2/c1-17-5-10-23-24(18(17)2)28-26(35-23)30(16-21-4-3-15-34-21)25(31)19-11-13-29(14-12-19)36(32,33)22-8-6-20(27)7-9-22/h3-10,15,19H,11-14,16H2,1-2H3.